The number of carbonyl (C=O) groups excluding carboxylic acids is 4. The zero-order valence-electron chi connectivity index (χ0n) is 15.9. The van der Waals surface area contributed by atoms with E-state index in [0.717, 1.165) is 4.90 Å². The summed E-state index contributed by atoms with van der Waals surface area (Å²) in [4.78, 5) is 49.6. The monoisotopic (exact) mass is 386 g/mol. The van der Waals surface area contributed by atoms with E-state index in [0.29, 0.717) is 24.1 Å². The molecule has 2 N–H and O–H groups in total. The summed E-state index contributed by atoms with van der Waals surface area (Å²) >= 11 is 0. The molecule has 1 aliphatic rings. The molecule has 1 heterocycles. The molecule has 9 heteroatoms. The molecule has 148 valence electrons. The van der Waals surface area contributed by atoms with E-state index in [4.69, 9.17) is 10.00 Å². The van der Waals surface area contributed by atoms with E-state index in [1.807, 2.05) is 6.07 Å². The lowest BCUT2D eigenvalue weighted by molar-refractivity contribution is -0.155. The summed E-state index contributed by atoms with van der Waals surface area (Å²) in [6.07, 6.45) is -0.322. The summed E-state index contributed by atoms with van der Waals surface area (Å²) in [6, 6.07) is 7.49. The van der Waals surface area contributed by atoms with Gasteiger partial charge in [0.05, 0.1) is 11.6 Å². The van der Waals surface area contributed by atoms with Crippen LogP contribution >= 0.6 is 0 Å². The highest BCUT2D eigenvalue weighted by Gasteiger charge is 2.49. The average Bonchev–Trinajstić information content (AvgIpc) is 2.93. The van der Waals surface area contributed by atoms with Crippen LogP contribution in [-0.4, -0.2) is 46.9 Å². The fraction of sp³-hybridized carbons (Fsp3) is 0.421. The van der Waals surface area contributed by atoms with Gasteiger partial charge in [0.25, 0.3) is 11.8 Å². The first-order valence-electron chi connectivity index (χ1n) is 8.91. The van der Waals surface area contributed by atoms with E-state index >= 15 is 0 Å². The summed E-state index contributed by atoms with van der Waals surface area (Å²) in [5.41, 5.74) is -0.117. The van der Waals surface area contributed by atoms with Crippen LogP contribution in [0.15, 0.2) is 24.3 Å². The number of hydrogen-bond donors (Lipinski definition) is 2. The van der Waals surface area contributed by atoms with Crippen molar-refractivity contribution in [3.8, 4) is 6.07 Å². The molecule has 4 amide bonds. The molecule has 1 fully saturated rings. The number of benzene rings is 1. The molecule has 1 aromatic rings. The van der Waals surface area contributed by atoms with Gasteiger partial charge in [-0.15, -0.1) is 0 Å². The highest BCUT2D eigenvalue weighted by molar-refractivity contribution is 6.08. The summed E-state index contributed by atoms with van der Waals surface area (Å²) < 4.78 is 5.05. The number of nitrogens with one attached hydrogen (secondary N) is 2. The number of imide groups is 1. The molecule has 9 nitrogen and oxygen atoms in total. The molecule has 28 heavy (non-hydrogen) atoms. The first-order valence-corrected chi connectivity index (χ1v) is 8.91. The van der Waals surface area contributed by atoms with Crippen LogP contribution < -0.4 is 10.6 Å². The Kier molecular flexibility index (Phi) is 6.36. The van der Waals surface area contributed by atoms with E-state index in [2.05, 4.69) is 10.6 Å². The van der Waals surface area contributed by atoms with Crippen LogP contribution in [-0.2, 0) is 19.1 Å². The third kappa shape index (κ3) is 4.28. The second kappa shape index (κ2) is 8.52. The number of anilines is 1. The molecule has 1 atom stereocenters. The first kappa shape index (κ1) is 20.9. The Labute approximate surface area is 162 Å². The second-order valence-corrected chi connectivity index (χ2v) is 6.42. The highest BCUT2D eigenvalue weighted by Crippen LogP contribution is 2.24. The van der Waals surface area contributed by atoms with Gasteiger partial charge in [0.15, 0.2) is 6.10 Å². The standard InChI is InChI=1S/C19H22N4O5/c1-4-19(5-2)17(26)23(18(27)22-19)11-15(24)28-12(3)16(25)21-14-8-6-13(10-20)7-9-14/h6-9,12H,4-5,11H2,1-3H3,(H,21,25)(H,22,27)/t12-/m1/s1. The van der Waals surface area contributed by atoms with Gasteiger partial charge in [-0.3, -0.25) is 19.3 Å². The van der Waals surface area contributed by atoms with Crippen molar-refractivity contribution in [1.82, 2.24) is 10.2 Å². The topological polar surface area (TPSA) is 129 Å². The molecule has 2 rings (SSSR count). The van der Waals surface area contributed by atoms with Crippen molar-refractivity contribution in [2.45, 2.75) is 45.3 Å². The number of nitriles is 1. The van der Waals surface area contributed by atoms with E-state index in [1.54, 1.807) is 26.0 Å². The zero-order chi connectivity index (χ0) is 20.9. The predicted molar refractivity (Wildman–Crippen MR) is 98.9 cm³/mol. The molecule has 0 radical (unpaired) electrons. The number of urea groups is 1. The van der Waals surface area contributed by atoms with Gasteiger partial charge in [0.2, 0.25) is 0 Å². The smallest absolute Gasteiger partial charge is 0.327 e. The number of esters is 1. The van der Waals surface area contributed by atoms with Crippen LogP contribution in [0.5, 0.6) is 0 Å². The third-order valence-corrected chi connectivity index (χ3v) is 4.70. The van der Waals surface area contributed by atoms with Gasteiger partial charge in [-0.1, -0.05) is 13.8 Å². The minimum absolute atomic E-state index is 0.406. The number of amides is 4. The quantitative estimate of drug-likeness (QED) is 0.540. The minimum atomic E-state index is -1.13. The molecule has 0 unspecified atom stereocenters. The van der Waals surface area contributed by atoms with Crippen molar-refractivity contribution >= 4 is 29.5 Å². The van der Waals surface area contributed by atoms with Gasteiger partial charge >= 0.3 is 12.0 Å². The number of carbonyl (C=O) groups is 4. The molecule has 0 aromatic heterocycles. The fourth-order valence-electron chi connectivity index (χ4n) is 2.84. The van der Waals surface area contributed by atoms with Crippen LogP contribution in [0, 0.1) is 11.3 Å². The normalized spacial score (nSPS) is 16.1. The number of rotatable bonds is 7. The van der Waals surface area contributed by atoms with Crippen molar-refractivity contribution in [1.29, 1.82) is 5.26 Å². The molecule has 1 aromatic carbocycles. The Hall–Kier alpha value is -3.41. The van der Waals surface area contributed by atoms with Gasteiger partial charge in [-0.2, -0.15) is 5.26 Å². The van der Waals surface area contributed by atoms with Crippen molar-refractivity contribution in [3.63, 3.8) is 0 Å². The van der Waals surface area contributed by atoms with Crippen LogP contribution in [0.3, 0.4) is 0 Å². The van der Waals surface area contributed by atoms with Crippen LogP contribution in [0.4, 0.5) is 10.5 Å². The maximum atomic E-state index is 12.5. The summed E-state index contributed by atoms with van der Waals surface area (Å²) in [7, 11) is 0. The number of nitrogens with zero attached hydrogens (tertiary/aromatic N) is 2. The Morgan fingerprint density at radius 1 is 1.25 bits per heavy atom. The van der Waals surface area contributed by atoms with Crippen molar-refractivity contribution in [2.24, 2.45) is 0 Å². The molecule has 1 aliphatic heterocycles. The van der Waals surface area contributed by atoms with Gasteiger partial charge in [-0.25, -0.2) is 4.79 Å². The molecule has 1 saturated heterocycles. The zero-order valence-corrected chi connectivity index (χ0v) is 15.9. The summed E-state index contributed by atoms with van der Waals surface area (Å²) in [5.74, 6) is -1.92. The van der Waals surface area contributed by atoms with E-state index < -0.39 is 42.0 Å². The van der Waals surface area contributed by atoms with E-state index in [-0.39, 0.29) is 0 Å². The largest absolute Gasteiger partial charge is 0.451 e. The first-order chi connectivity index (χ1) is 13.3. The van der Waals surface area contributed by atoms with Crippen molar-refractivity contribution in [3.05, 3.63) is 29.8 Å². The fourth-order valence-corrected chi connectivity index (χ4v) is 2.84. The molecular formula is C19H22N4O5. The van der Waals surface area contributed by atoms with Gasteiger partial charge in [0, 0.05) is 5.69 Å². The van der Waals surface area contributed by atoms with Gasteiger partial charge in [-0.05, 0) is 44.0 Å². The lowest BCUT2D eigenvalue weighted by atomic mass is 9.93. The minimum Gasteiger partial charge on any atom is -0.451 e. The Morgan fingerprint density at radius 3 is 2.36 bits per heavy atom. The van der Waals surface area contributed by atoms with Gasteiger partial charge < -0.3 is 15.4 Å². The summed E-state index contributed by atoms with van der Waals surface area (Å²) in [5, 5.41) is 13.9. The SMILES string of the molecule is CCC1(CC)NC(=O)N(CC(=O)O[C@H](C)C(=O)Nc2ccc(C#N)cc2)C1=O. The Balaban J connectivity index is 1.93. The molecular weight excluding hydrogens is 364 g/mol. The van der Waals surface area contributed by atoms with Crippen LogP contribution in [0.1, 0.15) is 39.2 Å². The third-order valence-electron chi connectivity index (χ3n) is 4.70. The Bertz CT molecular complexity index is 824. The predicted octanol–water partition coefficient (Wildman–Crippen LogP) is 1.54. The van der Waals surface area contributed by atoms with Crippen molar-refractivity contribution in [2.75, 3.05) is 11.9 Å². The van der Waals surface area contributed by atoms with Crippen LogP contribution in [0.25, 0.3) is 0 Å². The molecule has 0 aliphatic carbocycles. The molecule has 0 saturated carbocycles. The Morgan fingerprint density at radius 2 is 1.86 bits per heavy atom. The lowest BCUT2D eigenvalue weighted by Gasteiger charge is -2.23. The maximum absolute atomic E-state index is 12.5. The van der Waals surface area contributed by atoms with E-state index in [9.17, 15) is 19.2 Å². The van der Waals surface area contributed by atoms with Crippen molar-refractivity contribution < 1.29 is 23.9 Å². The van der Waals surface area contributed by atoms with Gasteiger partial charge in [0.1, 0.15) is 12.1 Å². The highest BCUT2D eigenvalue weighted by atomic mass is 16.5. The maximum Gasteiger partial charge on any atom is 0.327 e. The van der Waals surface area contributed by atoms with Crippen LogP contribution in [0.2, 0.25) is 0 Å². The average molecular weight is 386 g/mol. The second-order valence-electron chi connectivity index (χ2n) is 6.42. The summed E-state index contributed by atoms with van der Waals surface area (Å²) in [6.45, 7) is 4.37. The number of hydrogen-bond acceptors (Lipinski definition) is 6. The lowest BCUT2D eigenvalue weighted by Crippen LogP contribution is -2.46. The molecule has 0 spiro atoms. The number of ether oxygens (including phenoxy) is 1. The molecule has 0 bridgehead atoms. The van der Waals surface area contributed by atoms with E-state index in [1.165, 1.54) is 19.1 Å².